The molecule has 2 aromatic rings. The number of nitrogens with zero attached hydrogens (tertiary/aromatic N) is 2. The molecule has 0 bridgehead atoms. The molecule has 3 rings (SSSR count). The molecule has 0 unspecified atom stereocenters. The van der Waals surface area contributed by atoms with Crippen molar-refractivity contribution in [2.75, 3.05) is 18.5 Å². The summed E-state index contributed by atoms with van der Waals surface area (Å²) < 4.78 is 0. The SMILES string of the molecule is CCCN(c1nc(-c2ccccc2)c(CNC)s1)C1CC1. The number of thiazole rings is 1. The second kappa shape index (κ2) is 6.58. The van der Waals surface area contributed by atoms with Crippen molar-refractivity contribution in [2.45, 2.75) is 38.8 Å². The molecule has 1 N–H and O–H groups in total. The molecule has 112 valence electrons. The van der Waals surface area contributed by atoms with Gasteiger partial charge in [-0.1, -0.05) is 48.6 Å². The Hall–Kier alpha value is -1.39. The van der Waals surface area contributed by atoms with Crippen molar-refractivity contribution < 1.29 is 0 Å². The number of nitrogens with one attached hydrogen (secondary N) is 1. The molecule has 0 spiro atoms. The zero-order valence-electron chi connectivity index (χ0n) is 12.8. The smallest absolute Gasteiger partial charge is 0.186 e. The lowest BCUT2D eigenvalue weighted by atomic mass is 10.1. The maximum absolute atomic E-state index is 4.98. The molecule has 1 aliphatic carbocycles. The highest BCUT2D eigenvalue weighted by atomic mass is 32.1. The zero-order valence-corrected chi connectivity index (χ0v) is 13.6. The molecular formula is C17H23N3S. The van der Waals surface area contributed by atoms with E-state index in [0.29, 0.717) is 0 Å². The first-order valence-corrected chi connectivity index (χ1v) is 8.61. The van der Waals surface area contributed by atoms with Gasteiger partial charge in [0, 0.05) is 29.6 Å². The maximum Gasteiger partial charge on any atom is 0.186 e. The highest BCUT2D eigenvalue weighted by molar-refractivity contribution is 7.16. The molecule has 0 atom stereocenters. The van der Waals surface area contributed by atoms with Gasteiger partial charge in [-0.2, -0.15) is 0 Å². The second-order valence-corrected chi connectivity index (χ2v) is 6.65. The van der Waals surface area contributed by atoms with Crippen LogP contribution in [0.3, 0.4) is 0 Å². The molecule has 3 nitrogen and oxygen atoms in total. The Bertz CT molecular complexity index is 575. The van der Waals surface area contributed by atoms with Crippen LogP contribution in [0.15, 0.2) is 30.3 Å². The van der Waals surface area contributed by atoms with Gasteiger partial charge in [-0.25, -0.2) is 4.98 Å². The molecule has 21 heavy (non-hydrogen) atoms. The van der Waals surface area contributed by atoms with Gasteiger partial charge in [-0.3, -0.25) is 0 Å². The highest BCUT2D eigenvalue weighted by Crippen LogP contribution is 2.38. The molecule has 1 aromatic heterocycles. The van der Waals surface area contributed by atoms with E-state index in [1.807, 2.05) is 18.4 Å². The summed E-state index contributed by atoms with van der Waals surface area (Å²) in [5.41, 5.74) is 2.36. The number of aromatic nitrogens is 1. The monoisotopic (exact) mass is 301 g/mol. The summed E-state index contributed by atoms with van der Waals surface area (Å²) in [5, 5.41) is 4.47. The van der Waals surface area contributed by atoms with E-state index < -0.39 is 0 Å². The van der Waals surface area contributed by atoms with E-state index in [2.05, 4.69) is 47.5 Å². The number of anilines is 1. The minimum absolute atomic E-state index is 0.724. The molecular weight excluding hydrogens is 278 g/mol. The van der Waals surface area contributed by atoms with E-state index in [0.717, 1.165) is 24.8 Å². The van der Waals surface area contributed by atoms with Gasteiger partial charge >= 0.3 is 0 Å². The van der Waals surface area contributed by atoms with Crippen LogP contribution in [0.25, 0.3) is 11.3 Å². The van der Waals surface area contributed by atoms with Crippen LogP contribution in [0.4, 0.5) is 5.13 Å². The fraction of sp³-hybridized carbons (Fsp3) is 0.471. The molecule has 0 radical (unpaired) electrons. The predicted octanol–water partition coefficient (Wildman–Crippen LogP) is 3.91. The molecule has 0 amide bonds. The third-order valence-corrected chi connectivity index (χ3v) is 4.86. The maximum atomic E-state index is 4.98. The van der Waals surface area contributed by atoms with Crippen LogP contribution in [0, 0.1) is 0 Å². The Labute approximate surface area is 131 Å². The zero-order chi connectivity index (χ0) is 14.7. The van der Waals surface area contributed by atoms with Crippen LogP contribution in [-0.4, -0.2) is 24.6 Å². The molecule has 0 saturated heterocycles. The van der Waals surface area contributed by atoms with Crippen LogP contribution < -0.4 is 10.2 Å². The van der Waals surface area contributed by atoms with Crippen molar-refractivity contribution in [3.63, 3.8) is 0 Å². The van der Waals surface area contributed by atoms with Crippen LogP contribution in [0.1, 0.15) is 31.1 Å². The first kappa shape index (κ1) is 14.5. The lowest BCUT2D eigenvalue weighted by molar-refractivity contribution is 0.760. The third-order valence-electron chi connectivity index (χ3n) is 3.77. The number of hydrogen-bond acceptors (Lipinski definition) is 4. The summed E-state index contributed by atoms with van der Waals surface area (Å²) in [6, 6.07) is 11.3. The Balaban J connectivity index is 1.95. The second-order valence-electron chi connectivity index (χ2n) is 5.59. The van der Waals surface area contributed by atoms with E-state index in [4.69, 9.17) is 4.98 Å². The van der Waals surface area contributed by atoms with Gasteiger partial charge in [0.15, 0.2) is 5.13 Å². The van der Waals surface area contributed by atoms with Gasteiger partial charge in [0.2, 0.25) is 0 Å². The van der Waals surface area contributed by atoms with Crippen molar-refractivity contribution in [3.8, 4) is 11.3 Å². The summed E-state index contributed by atoms with van der Waals surface area (Å²) in [7, 11) is 2.00. The topological polar surface area (TPSA) is 28.2 Å². The summed E-state index contributed by atoms with van der Waals surface area (Å²) in [4.78, 5) is 8.83. The fourth-order valence-electron chi connectivity index (χ4n) is 2.63. The van der Waals surface area contributed by atoms with Crippen molar-refractivity contribution >= 4 is 16.5 Å². The van der Waals surface area contributed by atoms with Crippen LogP contribution in [0.5, 0.6) is 0 Å². The summed E-state index contributed by atoms with van der Waals surface area (Å²) in [6.45, 7) is 4.24. The standard InChI is InChI=1S/C17H23N3S/c1-3-11-20(14-9-10-14)17-19-16(15(21-17)12-18-2)13-7-5-4-6-8-13/h4-8,14,18H,3,9-12H2,1-2H3. The normalized spacial score (nSPS) is 14.4. The largest absolute Gasteiger partial charge is 0.345 e. The molecule has 1 fully saturated rings. The average molecular weight is 301 g/mol. The Morgan fingerprint density at radius 1 is 1.29 bits per heavy atom. The van der Waals surface area contributed by atoms with Gasteiger partial charge in [-0.15, -0.1) is 0 Å². The van der Waals surface area contributed by atoms with E-state index in [1.54, 1.807) is 0 Å². The lowest BCUT2D eigenvalue weighted by Gasteiger charge is -2.20. The summed E-state index contributed by atoms with van der Waals surface area (Å²) >= 11 is 1.85. The van der Waals surface area contributed by atoms with Crippen molar-refractivity contribution in [3.05, 3.63) is 35.2 Å². The summed E-state index contributed by atoms with van der Waals surface area (Å²) in [5.74, 6) is 0. The number of rotatable bonds is 7. The molecule has 1 heterocycles. The van der Waals surface area contributed by atoms with Crippen LogP contribution >= 0.6 is 11.3 Å². The lowest BCUT2D eigenvalue weighted by Crippen LogP contribution is -2.26. The van der Waals surface area contributed by atoms with E-state index in [-0.39, 0.29) is 0 Å². The highest BCUT2D eigenvalue weighted by Gasteiger charge is 2.31. The number of hydrogen-bond donors (Lipinski definition) is 1. The Morgan fingerprint density at radius 2 is 2.05 bits per heavy atom. The van der Waals surface area contributed by atoms with E-state index >= 15 is 0 Å². The van der Waals surface area contributed by atoms with Crippen molar-refractivity contribution in [2.24, 2.45) is 0 Å². The summed E-state index contributed by atoms with van der Waals surface area (Å²) in [6.07, 6.45) is 3.82. The predicted molar refractivity (Wildman–Crippen MR) is 91.0 cm³/mol. The van der Waals surface area contributed by atoms with Gasteiger partial charge in [0.1, 0.15) is 0 Å². The van der Waals surface area contributed by atoms with E-state index in [1.165, 1.54) is 34.8 Å². The van der Waals surface area contributed by atoms with E-state index in [9.17, 15) is 0 Å². The Morgan fingerprint density at radius 3 is 2.67 bits per heavy atom. The van der Waals surface area contributed by atoms with Gasteiger partial charge in [-0.05, 0) is 26.3 Å². The van der Waals surface area contributed by atoms with Crippen LogP contribution in [-0.2, 0) is 6.54 Å². The van der Waals surface area contributed by atoms with Crippen molar-refractivity contribution in [1.29, 1.82) is 0 Å². The van der Waals surface area contributed by atoms with Gasteiger partial charge in [0.05, 0.1) is 5.69 Å². The van der Waals surface area contributed by atoms with Gasteiger partial charge < -0.3 is 10.2 Å². The van der Waals surface area contributed by atoms with Crippen molar-refractivity contribution in [1.82, 2.24) is 10.3 Å². The minimum Gasteiger partial charge on any atom is -0.345 e. The van der Waals surface area contributed by atoms with Crippen LogP contribution in [0.2, 0.25) is 0 Å². The molecule has 0 aliphatic heterocycles. The minimum atomic E-state index is 0.724. The first-order valence-electron chi connectivity index (χ1n) is 7.79. The average Bonchev–Trinajstić information content (AvgIpc) is 3.27. The van der Waals surface area contributed by atoms with Gasteiger partial charge in [0.25, 0.3) is 0 Å². The molecule has 4 heteroatoms. The molecule has 1 aliphatic rings. The quantitative estimate of drug-likeness (QED) is 0.840. The Kier molecular flexibility index (Phi) is 4.56. The third kappa shape index (κ3) is 3.27. The molecule has 1 aromatic carbocycles. The number of benzene rings is 1. The first-order chi connectivity index (χ1) is 10.3. The fourth-order valence-corrected chi connectivity index (χ4v) is 3.82. The molecule has 1 saturated carbocycles.